The Balaban J connectivity index is 0.000000206. The van der Waals surface area contributed by atoms with Crippen LogP contribution in [0, 0.1) is 23.2 Å². The second kappa shape index (κ2) is 6.81. The van der Waals surface area contributed by atoms with E-state index >= 15 is 0 Å². The molecule has 0 spiro atoms. The molecule has 2 rings (SSSR count). The first-order chi connectivity index (χ1) is 9.03. The number of rotatable bonds is 2. The Hall–Kier alpha value is -0.0400. The highest BCUT2D eigenvalue weighted by Gasteiger charge is 2.44. The van der Waals surface area contributed by atoms with Crippen molar-refractivity contribution in [3.8, 4) is 0 Å². The topological polar surface area (TPSA) is 12.0 Å². The minimum absolute atomic E-state index is 0.273. The fourth-order valence-electron chi connectivity index (χ4n) is 4.15. The summed E-state index contributed by atoms with van der Waals surface area (Å²) in [7, 11) is 0. The number of hydrogen-bond donors (Lipinski definition) is 1. The summed E-state index contributed by atoms with van der Waals surface area (Å²) in [4.78, 5) is 0. The Morgan fingerprint density at radius 2 is 1.60 bits per heavy atom. The third kappa shape index (κ3) is 5.76. The summed E-state index contributed by atoms with van der Waals surface area (Å²) in [6, 6.07) is 0.644. The van der Waals surface area contributed by atoms with Gasteiger partial charge in [-0.3, -0.25) is 0 Å². The number of hydrogen-bond acceptors (Lipinski definition) is 1. The minimum atomic E-state index is 0.273. The van der Waals surface area contributed by atoms with Gasteiger partial charge in [-0.2, -0.15) is 0 Å². The third-order valence-electron chi connectivity index (χ3n) is 5.14. The van der Waals surface area contributed by atoms with Crippen molar-refractivity contribution in [1.82, 2.24) is 5.32 Å². The maximum Gasteiger partial charge on any atom is 0.00989 e. The molecule has 0 heterocycles. The quantitative estimate of drug-likeness (QED) is 0.690. The fraction of sp³-hybridized carbons (Fsp3) is 1.00. The molecule has 120 valence electrons. The molecule has 2 saturated carbocycles. The average Bonchev–Trinajstić information content (AvgIpc) is 2.88. The molecule has 20 heavy (non-hydrogen) atoms. The molecule has 1 heteroatoms. The molecule has 0 aromatic heterocycles. The molecule has 2 fully saturated rings. The summed E-state index contributed by atoms with van der Waals surface area (Å²) in [6.07, 6.45) is 7.37. The maximum absolute atomic E-state index is 3.47. The van der Waals surface area contributed by atoms with Gasteiger partial charge in [0.05, 0.1) is 0 Å². The van der Waals surface area contributed by atoms with E-state index in [0.717, 1.165) is 17.8 Å². The summed E-state index contributed by atoms with van der Waals surface area (Å²) in [5.74, 6) is 3.26. The van der Waals surface area contributed by atoms with Crippen molar-refractivity contribution in [2.45, 2.75) is 99.1 Å². The van der Waals surface area contributed by atoms with Crippen LogP contribution in [0.25, 0.3) is 0 Å². The molecule has 0 radical (unpaired) electrons. The van der Waals surface area contributed by atoms with Crippen molar-refractivity contribution in [3.05, 3.63) is 0 Å². The third-order valence-corrected chi connectivity index (χ3v) is 5.14. The Morgan fingerprint density at radius 1 is 1.00 bits per heavy atom. The van der Waals surface area contributed by atoms with Crippen molar-refractivity contribution < 1.29 is 0 Å². The van der Waals surface area contributed by atoms with Crippen LogP contribution in [0.1, 0.15) is 87.5 Å². The molecule has 3 unspecified atom stereocenters. The lowest BCUT2D eigenvalue weighted by Gasteiger charge is -2.34. The smallest absolute Gasteiger partial charge is 0.00989 e. The van der Waals surface area contributed by atoms with E-state index in [4.69, 9.17) is 0 Å². The summed E-state index contributed by atoms with van der Waals surface area (Å²) in [6.45, 7) is 18.2. The van der Waals surface area contributed by atoms with Crippen LogP contribution in [-0.4, -0.2) is 11.6 Å². The minimum Gasteiger partial charge on any atom is -0.310 e. The van der Waals surface area contributed by atoms with E-state index in [9.17, 15) is 0 Å². The van der Waals surface area contributed by atoms with Gasteiger partial charge in [-0.1, -0.05) is 34.1 Å². The summed E-state index contributed by atoms with van der Waals surface area (Å²) in [5.41, 5.74) is 0.856. The van der Waals surface area contributed by atoms with Crippen molar-refractivity contribution >= 4 is 0 Å². The van der Waals surface area contributed by atoms with E-state index in [-0.39, 0.29) is 5.54 Å². The van der Waals surface area contributed by atoms with Crippen LogP contribution in [0.3, 0.4) is 0 Å². The van der Waals surface area contributed by atoms with Gasteiger partial charge in [-0.25, -0.2) is 0 Å². The number of fused-ring (bicyclic) bond motifs is 2. The van der Waals surface area contributed by atoms with E-state index in [2.05, 4.69) is 60.7 Å². The fourth-order valence-corrected chi connectivity index (χ4v) is 4.15. The highest BCUT2D eigenvalue weighted by molar-refractivity contribution is 4.94. The lowest BCUT2D eigenvalue weighted by molar-refractivity contribution is 0.161. The van der Waals surface area contributed by atoms with E-state index < -0.39 is 0 Å². The first-order valence-corrected chi connectivity index (χ1v) is 8.80. The lowest BCUT2D eigenvalue weighted by atomic mass is 9.72. The van der Waals surface area contributed by atoms with Crippen LogP contribution in [0.2, 0.25) is 0 Å². The molecule has 0 aromatic rings. The Kier molecular flexibility index (Phi) is 6.14. The zero-order chi connectivity index (χ0) is 15.6. The van der Waals surface area contributed by atoms with Crippen molar-refractivity contribution in [2.75, 3.05) is 0 Å². The Bertz CT molecular complexity index is 281. The molecule has 1 N–H and O–H groups in total. The number of nitrogens with one attached hydrogen (secondary N) is 1. The average molecular weight is 282 g/mol. The SMILES string of the molecule is CC(C)(C)C1CC2CCC1C2.CC[C@@H](C)NC(C)(C)C. The van der Waals surface area contributed by atoms with E-state index in [1.54, 1.807) is 6.42 Å². The van der Waals surface area contributed by atoms with Crippen LogP contribution in [-0.2, 0) is 0 Å². The maximum atomic E-state index is 3.47. The zero-order valence-corrected chi connectivity index (χ0v) is 15.3. The van der Waals surface area contributed by atoms with Crippen molar-refractivity contribution in [1.29, 1.82) is 0 Å². The molecule has 1 nitrogen and oxygen atoms in total. The van der Waals surface area contributed by atoms with E-state index in [1.807, 2.05) is 0 Å². The summed E-state index contributed by atoms with van der Waals surface area (Å²) in [5, 5.41) is 3.47. The monoisotopic (exact) mass is 281 g/mol. The first kappa shape index (κ1) is 18.0. The lowest BCUT2D eigenvalue weighted by Crippen LogP contribution is -2.41. The Morgan fingerprint density at radius 3 is 1.80 bits per heavy atom. The zero-order valence-electron chi connectivity index (χ0n) is 15.3. The molecule has 0 saturated heterocycles. The molecular weight excluding hydrogens is 242 g/mol. The normalized spacial score (nSPS) is 30.9. The summed E-state index contributed by atoms with van der Waals surface area (Å²) >= 11 is 0. The van der Waals surface area contributed by atoms with Crippen LogP contribution in [0.5, 0.6) is 0 Å². The van der Waals surface area contributed by atoms with Crippen LogP contribution < -0.4 is 5.32 Å². The van der Waals surface area contributed by atoms with Gasteiger partial charge < -0.3 is 5.32 Å². The van der Waals surface area contributed by atoms with Crippen molar-refractivity contribution in [3.63, 3.8) is 0 Å². The van der Waals surface area contributed by atoms with Crippen LogP contribution in [0.15, 0.2) is 0 Å². The van der Waals surface area contributed by atoms with Gasteiger partial charge in [0.1, 0.15) is 0 Å². The van der Waals surface area contributed by atoms with Crippen LogP contribution in [0.4, 0.5) is 0 Å². The van der Waals surface area contributed by atoms with Gasteiger partial charge in [0.15, 0.2) is 0 Å². The van der Waals surface area contributed by atoms with E-state index in [1.165, 1.54) is 25.7 Å². The first-order valence-electron chi connectivity index (χ1n) is 8.80. The van der Waals surface area contributed by atoms with Gasteiger partial charge in [0.25, 0.3) is 0 Å². The summed E-state index contributed by atoms with van der Waals surface area (Å²) < 4.78 is 0. The predicted octanol–water partition coefficient (Wildman–Crippen LogP) is 5.64. The van der Waals surface area contributed by atoms with Gasteiger partial charge in [0, 0.05) is 11.6 Å². The highest BCUT2D eigenvalue weighted by atomic mass is 15.0. The second-order valence-electron chi connectivity index (χ2n) is 9.35. The molecule has 2 aliphatic rings. The van der Waals surface area contributed by atoms with Crippen LogP contribution >= 0.6 is 0 Å². The standard InChI is InChI=1S/C11H20.C8H19N/c1-11(2,3)10-7-8-4-5-9(10)6-8;1-6-7(2)9-8(3,4)5/h8-10H,4-7H2,1-3H3;7,9H,6H2,1-5H3/t;7-/m.1/s1. The van der Waals surface area contributed by atoms with Gasteiger partial charge in [-0.15, -0.1) is 0 Å². The largest absolute Gasteiger partial charge is 0.310 e. The molecule has 4 atom stereocenters. The Labute approximate surface area is 128 Å². The molecule has 0 aromatic carbocycles. The van der Waals surface area contributed by atoms with E-state index in [0.29, 0.717) is 11.5 Å². The second-order valence-corrected chi connectivity index (χ2v) is 9.35. The molecule has 0 aliphatic heterocycles. The molecule has 2 aliphatic carbocycles. The predicted molar refractivity (Wildman–Crippen MR) is 91.0 cm³/mol. The van der Waals surface area contributed by atoms with Gasteiger partial charge in [0.2, 0.25) is 0 Å². The van der Waals surface area contributed by atoms with Gasteiger partial charge >= 0.3 is 0 Å². The molecule has 0 amide bonds. The molecule has 2 bridgehead atoms. The van der Waals surface area contributed by atoms with Gasteiger partial charge in [-0.05, 0) is 76.5 Å². The van der Waals surface area contributed by atoms with Crippen molar-refractivity contribution in [2.24, 2.45) is 23.2 Å². The molecular formula is C19H39N. The highest BCUT2D eigenvalue weighted by Crippen LogP contribution is 2.54.